The van der Waals surface area contributed by atoms with Crippen molar-refractivity contribution in [1.29, 1.82) is 0 Å². The lowest BCUT2D eigenvalue weighted by Crippen LogP contribution is -2.43. The average Bonchev–Trinajstić information content (AvgIpc) is 2.86. The normalized spacial score (nSPS) is 37.4. The number of carbonyl (C=O) groups is 1. The topological polar surface area (TPSA) is 66.6 Å². The molecule has 3 aliphatic rings. The molecule has 1 aliphatic heterocycles. The van der Waals surface area contributed by atoms with E-state index in [2.05, 4.69) is 0 Å². The van der Waals surface area contributed by atoms with Gasteiger partial charge in [0.2, 0.25) is 5.91 Å². The van der Waals surface area contributed by atoms with E-state index in [-0.39, 0.29) is 17.4 Å². The Labute approximate surface area is 109 Å². The Hall–Kier alpha value is -0.610. The summed E-state index contributed by atoms with van der Waals surface area (Å²) in [5.74, 6) is 1.14. The molecule has 3 atom stereocenters. The Bertz CT molecular complexity index is 335. The summed E-state index contributed by atoms with van der Waals surface area (Å²) in [5, 5.41) is 9.88. The first-order chi connectivity index (χ1) is 8.63. The molecule has 102 valence electrons. The van der Waals surface area contributed by atoms with Gasteiger partial charge in [-0.05, 0) is 43.6 Å². The zero-order chi connectivity index (χ0) is 12.8. The van der Waals surface area contributed by atoms with E-state index in [9.17, 15) is 9.90 Å². The van der Waals surface area contributed by atoms with Crippen LogP contribution in [0.25, 0.3) is 0 Å². The summed E-state index contributed by atoms with van der Waals surface area (Å²) >= 11 is 0. The molecule has 3 unspecified atom stereocenters. The Morgan fingerprint density at radius 3 is 2.67 bits per heavy atom. The molecule has 0 spiro atoms. The van der Waals surface area contributed by atoms with Crippen molar-refractivity contribution in [3.05, 3.63) is 0 Å². The first kappa shape index (κ1) is 12.4. The third-order valence-corrected chi connectivity index (χ3v) is 5.55. The number of hydrogen-bond acceptors (Lipinski definition) is 3. The molecule has 0 bridgehead atoms. The van der Waals surface area contributed by atoms with Crippen LogP contribution in [-0.4, -0.2) is 41.7 Å². The highest BCUT2D eigenvalue weighted by Gasteiger charge is 2.45. The number of aliphatic hydroxyl groups is 1. The van der Waals surface area contributed by atoms with Crippen LogP contribution >= 0.6 is 0 Å². The highest BCUT2D eigenvalue weighted by atomic mass is 16.3. The van der Waals surface area contributed by atoms with Crippen molar-refractivity contribution in [1.82, 2.24) is 4.90 Å². The number of fused-ring (bicyclic) bond motifs is 1. The number of amides is 1. The zero-order valence-electron chi connectivity index (χ0n) is 11.0. The number of nitrogens with zero attached hydrogens (tertiary/aromatic N) is 1. The van der Waals surface area contributed by atoms with Gasteiger partial charge < -0.3 is 15.7 Å². The van der Waals surface area contributed by atoms with E-state index >= 15 is 0 Å². The van der Waals surface area contributed by atoms with E-state index < -0.39 is 0 Å². The fourth-order valence-corrected chi connectivity index (χ4v) is 4.00. The monoisotopic (exact) mass is 252 g/mol. The van der Waals surface area contributed by atoms with E-state index in [0.717, 1.165) is 38.8 Å². The number of likely N-dealkylation sites (tertiary alicyclic amines) is 1. The predicted molar refractivity (Wildman–Crippen MR) is 68.8 cm³/mol. The first-order valence-electron chi connectivity index (χ1n) is 7.29. The summed E-state index contributed by atoms with van der Waals surface area (Å²) in [6, 6.07) is 0. The van der Waals surface area contributed by atoms with Gasteiger partial charge in [-0.2, -0.15) is 0 Å². The molecule has 1 saturated heterocycles. The molecule has 0 aromatic carbocycles. The minimum absolute atomic E-state index is 0.105. The van der Waals surface area contributed by atoms with E-state index in [0.29, 0.717) is 24.8 Å². The van der Waals surface area contributed by atoms with E-state index in [1.54, 1.807) is 0 Å². The van der Waals surface area contributed by atoms with Gasteiger partial charge in [0.25, 0.3) is 0 Å². The van der Waals surface area contributed by atoms with Crippen LogP contribution in [0.15, 0.2) is 0 Å². The fraction of sp³-hybridized carbons (Fsp3) is 0.929. The number of aliphatic hydroxyl groups excluding tert-OH is 1. The SMILES string of the molecule is NCC1(CC(=O)N2CC3CCC(O)C3C2)CCC1. The summed E-state index contributed by atoms with van der Waals surface area (Å²) in [6.07, 6.45) is 5.88. The van der Waals surface area contributed by atoms with Crippen molar-refractivity contribution < 1.29 is 9.90 Å². The van der Waals surface area contributed by atoms with Gasteiger partial charge in [-0.1, -0.05) is 6.42 Å². The van der Waals surface area contributed by atoms with E-state index in [1.165, 1.54) is 6.42 Å². The molecule has 2 saturated carbocycles. The molecule has 0 aromatic heterocycles. The summed E-state index contributed by atoms with van der Waals surface area (Å²) in [5.41, 5.74) is 5.92. The maximum Gasteiger partial charge on any atom is 0.223 e. The minimum Gasteiger partial charge on any atom is -0.393 e. The number of carbonyl (C=O) groups excluding carboxylic acids is 1. The Kier molecular flexibility index (Phi) is 3.10. The van der Waals surface area contributed by atoms with Crippen molar-refractivity contribution in [2.24, 2.45) is 23.0 Å². The molecule has 3 N–H and O–H groups in total. The van der Waals surface area contributed by atoms with Gasteiger partial charge in [0.05, 0.1) is 6.10 Å². The molecule has 3 rings (SSSR count). The van der Waals surface area contributed by atoms with Crippen LogP contribution < -0.4 is 5.73 Å². The summed E-state index contributed by atoms with van der Waals surface area (Å²) in [6.45, 7) is 2.27. The van der Waals surface area contributed by atoms with Gasteiger partial charge in [-0.15, -0.1) is 0 Å². The molecule has 3 fully saturated rings. The smallest absolute Gasteiger partial charge is 0.223 e. The Morgan fingerprint density at radius 2 is 2.11 bits per heavy atom. The van der Waals surface area contributed by atoms with Crippen molar-refractivity contribution in [3.8, 4) is 0 Å². The Morgan fingerprint density at radius 1 is 1.33 bits per heavy atom. The predicted octanol–water partition coefficient (Wildman–Crippen LogP) is 0.735. The lowest BCUT2D eigenvalue weighted by molar-refractivity contribution is -0.134. The van der Waals surface area contributed by atoms with Gasteiger partial charge in [-0.25, -0.2) is 0 Å². The molecule has 2 aliphatic carbocycles. The molecule has 4 heteroatoms. The standard InChI is InChI=1S/C14H24N2O2/c15-9-14(4-1-5-14)6-13(18)16-7-10-2-3-12(17)11(10)8-16/h10-12,17H,1-9,15H2. The number of rotatable bonds is 3. The van der Waals surface area contributed by atoms with Crippen LogP contribution in [0.4, 0.5) is 0 Å². The number of hydrogen-bond donors (Lipinski definition) is 2. The average molecular weight is 252 g/mol. The lowest BCUT2D eigenvalue weighted by atomic mass is 9.66. The molecule has 1 amide bonds. The van der Waals surface area contributed by atoms with Crippen molar-refractivity contribution in [2.45, 2.75) is 44.6 Å². The molecule has 0 aromatic rings. The van der Waals surface area contributed by atoms with Gasteiger partial charge in [-0.3, -0.25) is 4.79 Å². The van der Waals surface area contributed by atoms with Crippen LogP contribution in [0.2, 0.25) is 0 Å². The molecule has 18 heavy (non-hydrogen) atoms. The maximum atomic E-state index is 12.3. The second-order valence-electron chi connectivity index (χ2n) is 6.60. The lowest BCUT2D eigenvalue weighted by Gasteiger charge is -2.41. The van der Waals surface area contributed by atoms with E-state index in [4.69, 9.17) is 5.73 Å². The third kappa shape index (κ3) is 1.95. The minimum atomic E-state index is -0.181. The molecular weight excluding hydrogens is 228 g/mol. The van der Waals surface area contributed by atoms with Crippen molar-refractivity contribution >= 4 is 5.91 Å². The summed E-state index contributed by atoms with van der Waals surface area (Å²) < 4.78 is 0. The highest BCUT2D eigenvalue weighted by Crippen LogP contribution is 2.44. The summed E-state index contributed by atoms with van der Waals surface area (Å²) in [7, 11) is 0. The molecule has 4 nitrogen and oxygen atoms in total. The second kappa shape index (κ2) is 4.49. The van der Waals surface area contributed by atoms with Crippen LogP contribution in [0.5, 0.6) is 0 Å². The molecule has 0 radical (unpaired) electrons. The van der Waals surface area contributed by atoms with Gasteiger partial charge in [0.1, 0.15) is 0 Å². The Balaban J connectivity index is 1.58. The van der Waals surface area contributed by atoms with Crippen LogP contribution in [0, 0.1) is 17.3 Å². The number of nitrogens with two attached hydrogens (primary N) is 1. The zero-order valence-corrected chi connectivity index (χ0v) is 11.0. The van der Waals surface area contributed by atoms with Crippen LogP contribution in [0.1, 0.15) is 38.5 Å². The van der Waals surface area contributed by atoms with Gasteiger partial charge in [0.15, 0.2) is 0 Å². The maximum absolute atomic E-state index is 12.3. The van der Waals surface area contributed by atoms with E-state index in [1.807, 2.05) is 4.90 Å². The second-order valence-corrected chi connectivity index (χ2v) is 6.60. The fourth-order valence-electron chi connectivity index (χ4n) is 4.00. The quantitative estimate of drug-likeness (QED) is 0.778. The largest absolute Gasteiger partial charge is 0.393 e. The van der Waals surface area contributed by atoms with Gasteiger partial charge in [0, 0.05) is 25.4 Å². The van der Waals surface area contributed by atoms with Crippen LogP contribution in [-0.2, 0) is 4.79 Å². The molecule has 1 heterocycles. The first-order valence-corrected chi connectivity index (χ1v) is 7.29. The highest BCUT2D eigenvalue weighted by molar-refractivity contribution is 5.77. The summed E-state index contributed by atoms with van der Waals surface area (Å²) in [4.78, 5) is 14.3. The third-order valence-electron chi connectivity index (χ3n) is 5.55. The van der Waals surface area contributed by atoms with Gasteiger partial charge >= 0.3 is 0 Å². The van der Waals surface area contributed by atoms with Crippen molar-refractivity contribution in [3.63, 3.8) is 0 Å². The molecular formula is C14H24N2O2. The van der Waals surface area contributed by atoms with Crippen LogP contribution in [0.3, 0.4) is 0 Å². The van der Waals surface area contributed by atoms with Crippen molar-refractivity contribution in [2.75, 3.05) is 19.6 Å².